The zero-order chi connectivity index (χ0) is 13.9. The van der Waals surface area contributed by atoms with E-state index in [1.807, 2.05) is 23.1 Å². The van der Waals surface area contributed by atoms with Crippen LogP contribution < -0.4 is 5.32 Å². The van der Waals surface area contributed by atoms with Crippen LogP contribution in [-0.2, 0) is 19.3 Å². The number of fused-ring (bicyclic) bond motifs is 1. The molecule has 0 fully saturated rings. The fourth-order valence-electron chi connectivity index (χ4n) is 2.79. The molecule has 0 saturated carbocycles. The fourth-order valence-corrected chi connectivity index (χ4v) is 5.25. The summed E-state index contributed by atoms with van der Waals surface area (Å²) < 4.78 is 0. The number of nitrogens with one attached hydrogen (secondary N) is 1. The maximum Gasteiger partial charge on any atom is 0.0292 e. The third-order valence-corrected chi connectivity index (χ3v) is 6.68. The highest BCUT2D eigenvalue weighted by atomic mass is 32.2. The number of thioether (sulfide) groups is 1. The van der Waals surface area contributed by atoms with Gasteiger partial charge in [0, 0.05) is 25.9 Å². The van der Waals surface area contributed by atoms with Crippen LogP contribution in [0.25, 0.3) is 0 Å². The number of likely N-dealkylation sites (N-methyl/N-ethyl adjacent to an activating group) is 1. The zero-order valence-corrected chi connectivity index (χ0v) is 13.7. The molecular formula is C17H21NS2. The minimum atomic E-state index is 0.552. The number of aryl methyl sites for hydroxylation is 1. The molecule has 0 radical (unpaired) electrons. The summed E-state index contributed by atoms with van der Waals surface area (Å²) in [5.74, 6) is 0. The normalized spacial score (nSPS) is 19.0. The number of benzene rings is 1. The van der Waals surface area contributed by atoms with E-state index in [9.17, 15) is 0 Å². The van der Waals surface area contributed by atoms with Crippen molar-refractivity contribution < 1.29 is 0 Å². The highest BCUT2D eigenvalue weighted by molar-refractivity contribution is 8.00. The molecule has 1 nitrogen and oxygen atoms in total. The van der Waals surface area contributed by atoms with Gasteiger partial charge in [-0.05, 0) is 50.1 Å². The summed E-state index contributed by atoms with van der Waals surface area (Å²) in [5.41, 5.74) is 1.52. The largest absolute Gasteiger partial charge is 0.316 e. The SMILES string of the molecule is CCc1ccc(CC(NC)C2Cc3ccccc3S2)s1. The van der Waals surface area contributed by atoms with Crippen LogP contribution in [0.2, 0.25) is 0 Å². The quantitative estimate of drug-likeness (QED) is 0.890. The molecule has 2 unspecified atom stereocenters. The Morgan fingerprint density at radius 1 is 1.20 bits per heavy atom. The van der Waals surface area contributed by atoms with Crippen LogP contribution >= 0.6 is 23.1 Å². The van der Waals surface area contributed by atoms with Gasteiger partial charge in [0.05, 0.1) is 0 Å². The molecule has 1 aliphatic heterocycles. The molecule has 1 aromatic carbocycles. The Morgan fingerprint density at radius 3 is 2.70 bits per heavy atom. The van der Waals surface area contributed by atoms with E-state index in [-0.39, 0.29) is 0 Å². The molecule has 0 amide bonds. The minimum absolute atomic E-state index is 0.552. The van der Waals surface area contributed by atoms with E-state index in [0.717, 1.165) is 12.8 Å². The first-order valence-electron chi connectivity index (χ1n) is 7.29. The third-order valence-electron chi connectivity index (χ3n) is 3.98. The standard InChI is InChI=1S/C17H21NS2/c1-3-13-8-9-14(19-13)11-15(18-2)17-10-12-6-4-5-7-16(12)20-17/h4-9,15,17-18H,3,10-11H2,1-2H3. The van der Waals surface area contributed by atoms with E-state index in [1.165, 1.54) is 26.6 Å². The van der Waals surface area contributed by atoms with Gasteiger partial charge in [-0.3, -0.25) is 0 Å². The maximum atomic E-state index is 3.54. The topological polar surface area (TPSA) is 12.0 Å². The zero-order valence-electron chi connectivity index (χ0n) is 12.1. The molecule has 20 heavy (non-hydrogen) atoms. The molecule has 106 valence electrons. The van der Waals surface area contributed by atoms with Crippen LogP contribution in [0.1, 0.15) is 22.2 Å². The van der Waals surface area contributed by atoms with E-state index >= 15 is 0 Å². The third kappa shape index (κ3) is 2.95. The van der Waals surface area contributed by atoms with E-state index in [0.29, 0.717) is 11.3 Å². The number of thiophene rings is 1. The molecule has 0 bridgehead atoms. The van der Waals surface area contributed by atoms with Crippen LogP contribution in [0.3, 0.4) is 0 Å². The second kappa shape index (κ2) is 6.33. The summed E-state index contributed by atoms with van der Waals surface area (Å²) in [5, 5.41) is 4.20. The Morgan fingerprint density at radius 2 is 2.00 bits per heavy atom. The van der Waals surface area contributed by atoms with Gasteiger partial charge in [0.1, 0.15) is 0 Å². The van der Waals surface area contributed by atoms with Gasteiger partial charge in [-0.15, -0.1) is 23.1 Å². The predicted molar refractivity (Wildman–Crippen MR) is 90.0 cm³/mol. The van der Waals surface area contributed by atoms with E-state index < -0.39 is 0 Å². The second-order valence-electron chi connectivity index (χ2n) is 5.29. The molecule has 2 aromatic rings. The van der Waals surface area contributed by atoms with Crippen molar-refractivity contribution in [3.05, 3.63) is 51.7 Å². The maximum absolute atomic E-state index is 3.54. The van der Waals surface area contributed by atoms with Gasteiger partial charge in [0.25, 0.3) is 0 Å². The van der Waals surface area contributed by atoms with Gasteiger partial charge in [0.2, 0.25) is 0 Å². The Hall–Kier alpha value is -0.770. The lowest BCUT2D eigenvalue weighted by Crippen LogP contribution is -2.37. The van der Waals surface area contributed by atoms with Crippen molar-refractivity contribution >= 4 is 23.1 Å². The second-order valence-corrected chi connectivity index (χ2v) is 7.82. The first-order chi connectivity index (χ1) is 9.80. The van der Waals surface area contributed by atoms with Crippen LogP contribution in [0.5, 0.6) is 0 Å². The Labute approximate surface area is 129 Å². The highest BCUT2D eigenvalue weighted by Gasteiger charge is 2.28. The molecule has 0 saturated heterocycles. The number of hydrogen-bond donors (Lipinski definition) is 1. The molecule has 3 heteroatoms. The smallest absolute Gasteiger partial charge is 0.0292 e. The fraction of sp³-hybridized carbons (Fsp3) is 0.412. The highest BCUT2D eigenvalue weighted by Crippen LogP contribution is 2.39. The lowest BCUT2D eigenvalue weighted by atomic mass is 10.0. The average Bonchev–Trinajstić information content (AvgIpc) is 3.10. The van der Waals surface area contributed by atoms with E-state index in [2.05, 4.69) is 55.7 Å². The van der Waals surface area contributed by atoms with Crippen molar-refractivity contribution in [3.8, 4) is 0 Å². The lowest BCUT2D eigenvalue weighted by Gasteiger charge is -2.21. The van der Waals surface area contributed by atoms with Crippen LogP contribution in [0.15, 0.2) is 41.3 Å². The summed E-state index contributed by atoms with van der Waals surface area (Å²) in [4.78, 5) is 4.48. The van der Waals surface area contributed by atoms with Crippen molar-refractivity contribution in [2.45, 2.75) is 42.4 Å². The van der Waals surface area contributed by atoms with Gasteiger partial charge in [-0.2, -0.15) is 0 Å². The van der Waals surface area contributed by atoms with Crippen molar-refractivity contribution in [2.24, 2.45) is 0 Å². The first-order valence-corrected chi connectivity index (χ1v) is 8.99. The Balaban J connectivity index is 1.69. The van der Waals surface area contributed by atoms with Gasteiger partial charge >= 0.3 is 0 Å². The number of hydrogen-bond acceptors (Lipinski definition) is 3. The van der Waals surface area contributed by atoms with Gasteiger partial charge in [0.15, 0.2) is 0 Å². The molecule has 1 aromatic heterocycles. The molecule has 2 atom stereocenters. The van der Waals surface area contributed by atoms with Crippen molar-refractivity contribution in [3.63, 3.8) is 0 Å². The van der Waals surface area contributed by atoms with Crippen LogP contribution in [-0.4, -0.2) is 18.3 Å². The van der Waals surface area contributed by atoms with Crippen LogP contribution in [0.4, 0.5) is 0 Å². The summed E-state index contributed by atoms with van der Waals surface area (Å²) in [7, 11) is 2.10. The van der Waals surface area contributed by atoms with Crippen molar-refractivity contribution in [2.75, 3.05) is 7.05 Å². The molecule has 1 aliphatic rings. The van der Waals surface area contributed by atoms with Crippen LogP contribution in [0, 0.1) is 0 Å². The molecule has 3 rings (SSSR count). The summed E-state index contributed by atoms with van der Waals surface area (Å²) in [6.45, 7) is 2.23. The molecule has 0 spiro atoms. The Kier molecular flexibility index (Phi) is 4.49. The summed E-state index contributed by atoms with van der Waals surface area (Å²) in [6, 6.07) is 14.0. The van der Waals surface area contributed by atoms with E-state index in [1.54, 1.807) is 0 Å². The Bertz CT molecular complexity index is 551. The first kappa shape index (κ1) is 14.2. The summed E-state index contributed by atoms with van der Waals surface area (Å²) >= 11 is 4.01. The lowest BCUT2D eigenvalue weighted by molar-refractivity contribution is 0.540. The van der Waals surface area contributed by atoms with E-state index in [4.69, 9.17) is 0 Å². The molecule has 2 heterocycles. The molecule has 0 aliphatic carbocycles. The van der Waals surface area contributed by atoms with Crippen molar-refractivity contribution in [1.82, 2.24) is 5.32 Å². The predicted octanol–water partition coefficient (Wildman–Crippen LogP) is 4.16. The average molecular weight is 303 g/mol. The summed E-state index contributed by atoms with van der Waals surface area (Å²) in [6.07, 6.45) is 3.49. The molecular weight excluding hydrogens is 282 g/mol. The van der Waals surface area contributed by atoms with Crippen molar-refractivity contribution in [1.29, 1.82) is 0 Å². The van der Waals surface area contributed by atoms with Gasteiger partial charge < -0.3 is 5.32 Å². The monoisotopic (exact) mass is 303 g/mol. The number of rotatable bonds is 5. The minimum Gasteiger partial charge on any atom is -0.316 e. The molecule has 1 N–H and O–H groups in total. The van der Waals surface area contributed by atoms with Gasteiger partial charge in [-0.1, -0.05) is 25.1 Å². The van der Waals surface area contributed by atoms with Gasteiger partial charge in [-0.25, -0.2) is 0 Å².